The van der Waals surface area contributed by atoms with Gasteiger partial charge in [-0.25, -0.2) is 8.42 Å². The second kappa shape index (κ2) is 5.47. The Morgan fingerprint density at radius 1 is 1.38 bits per heavy atom. The van der Waals surface area contributed by atoms with E-state index in [0.29, 0.717) is 6.42 Å². The number of hydrogen-bond donors (Lipinski definition) is 1. The van der Waals surface area contributed by atoms with Crippen LogP contribution < -0.4 is 0 Å². The molecule has 4 atom stereocenters. The van der Waals surface area contributed by atoms with Crippen LogP contribution in [0.4, 0.5) is 0 Å². The molecule has 1 saturated carbocycles. The zero-order valence-electron chi connectivity index (χ0n) is 10.2. The van der Waals surface area contributed by atoms with Crippen LogP contribution in [0.15, 0.2) is 0 Å². The number of methoxy groups -OCH3 is 1. The van der Waals surface area contributed by atoms with Crippen molar-refractivity contribution in [1.82, 2.24) is 0 Å². The Bertz CT molecular complexity index is 312. The van der Waals surface area contributed by atoms with E-state index in [9.17, 15) is 13.5 Å². The SMILES string of the molecule is COC(C)C(O)C1CCCC(S(C)(=O)=O)C1. The van der Waals surface area contributed by atoms with Crippen LogP contribution in [0.3, 0.4) is 0 Å². The van der Waals surface area contributed by atoms with E-state index in [4.69, 9.17) is 4.74 Å². The highest BCUT2D eigenvalue weighted by molar-refractivity contribution is 7.91. The smallest absolute Gasteiger partial charge is 0.150 e. The predicted octanol–water partition coefficient (Wildman–Crippen LogP) is 0.986. The van der Waals surface area contributed by atoms with Crippen molar-refractivity contribution >= 4 is 9.84 Å². The molecule has 1 rings (SSSR count). The molecule has 0 spiro atoms. The van der Waals surface area contributed by atoms with Gasteiger partial charge in [0.1, 0.15) is 9.84 Å². The lowest BCUT2D eigenvalue weighted by Gasteiger charge is -2.33. The molecule has 0 heterocycles. The summed E-state index contributed by atoms with van der Waals surface area (Å²) in [4.78, 5) is 0. The molecule has 0 aromatic rings. The molecular weight excluding hydrogens is 228 g/mol. The van der Waals surface area contributed by atoms with Crippen molar-refractivity contribution in [3.8, 4) is 0 Å². The largest absolute Gasteiger partial charge is 0.390 e. The maximum absolute atomic E-state index is 11.5. The van der Waals surface area contributed by atoms with Crippen LogP contribution in [0.25, 0.3) is 0 Å². The molecule has 5 heteroatoms. The zero-order valence-corrected chi connectivity index (χ0v) is 11.0. The highest BCUT2D eigenvalue weighted by atomic mass is 32.2. The average molecular weight is 250 g/mol. The standard InChI is InChI=1S/C11H22O4S/c1-8(15-2)11(12)9-5-4-6-10(7-9)16(3,13)14/h8-12H,4-7H2,1-3H3. The Labute approximate surface area is 97.9 Å². The maximum atomic E-state index is 11.5. The minimum atomic E-state index is -2.98. The third-order valence-electron chi connectivity index (χ3n) is 3.61. The van der Waals surface area contributed by atoms with Gasteiger partial charge in [0.15, 0.2) is 0 Å². The summed E-state index contributed by atoms with van der Waals surface area (Å²) in [6, 6.07) is 0. The quantitative estimate of drug-likeness (QED) is 0.808. The molecule has 1 N–H and O–H groups in total. The Hall–Kier alpha value is -0.130. The van der Waals surface area contributed by atoms with Gasteiger partial charge in [-0.1, -0.05) is 6.42 Å². The van der Waals surface area contributed by atoms with Gasteiger partial charge < -0.3 is 9.84 Å². The van der Waals surface area contributed by atoms with Crippen molar-refractivity contribution in [2.24, 2.45) is 5.92 Å². The summed E-state index contributed by atoms with van der Waals surface area (Å²) < 4.78 is 28.0. The molecule has 0 radical (unpaired) electrons. The Morgan fingerprint density at radius 2 is 2.00 bits per heavy atom. The van der Waals surface area contributed by atoms with Crippen molar-refractivity contribution < 1.29 is 18.3 Å². The molecule has 0 aliphatic heterocycles. The fraction of sp³-hybridized carbons (Fsp3) is 1.00. The number of aliphatic hydroxyl groups excluding tert-OH is 1. The van der Waals surface area contributed by atoms with E-state index >= 15 is 0 Å². The molecular formula is C11H22O4S. The second-order valence-electron chi connectivity index (χ2n) is 4.81. The molecule has 0 bridgehead atoms. The van der Waals surface area contributed by atoms with Gasteiger partial charge in [0.25, 0.3) is 0 Å². The molecule has 4 unspecified atom stereocenters. The van der Waals surface area contributed by atoms with Crippen LogP contribution >= 0.6 is 0 Å². The summed E-state index contributed by atoms with van der Waals surface area (Å²) in [6.45, 7) is 1.81. The van der Waals surface area contributed by atoms with Gasteiger partial charge >= 0.3 is 0 Å². The number of aliphatic hydroxyl groups is 1. The van der Waals surface area contributed by atoms with E-state index < -0.39 is 15.9 Å². The van der Waals surface area contributed by atoms with Crippen molar-refractivity contribution in [3.63, 3.8) is 0 Å². The molecule has 0 saturated heterocycles. The second-order valence-corrected chi connectivity index (χ2v) is 7.14. The topological polar surface area (TPSA) is 63.6 Å². The van der Waals surface area contributed by atoms with Crippen LogP contribution in [-0.2, 0) is 14.6 Å². The maximum Gasteiger partial charge on any atom is 0.150 e. The van der Waals surface area contributed by atoms with Crippen LogP contribution in [-0.4, -0.2) is 44.3 Å². The van der Waals surface area contributed by atoms with E-state index in [1.54, 1.807) is 7.11 Å². The molecule has 1 fully saturated rings. The van der Waals surface area contributed by atoms with Gasteiger partial charge in [0, 0.05) is 13.4 Å². The van der Waals surface area contributed by atoms with Crippen LogP contribution in [0.2, 0.25) is 0 Å². The van der Waals surface area contributed by atoms with Crippen LogP contribution in [0.1, 0.15) is 32.6 Å². The van der Waals surface area contributed by atoms with E-state index in [-0.39, 0.29) is 17.3 Å². The van der Waals surface area contributed by atoms with Crippen LogP contribution in [0, 0.1) is 5.92 Å². The first-order chi connectivity index (χ1) is 7.36. The Morgan fingerprint density at radius 3 is 2.50 bits per heavy atom. The first-order valence-electron chi connectivity index (χ1n) is 5.76. The molecule has 0 aromatic carbocycles. The number of ether oxygens (including phenoxy) is 1. The summed E-state index contributed by atoms with van der Waals surface area (Å²) >= 11 is 0. The molecule has 1 aliphatic carbocycles. The van der Waals surface area contributed by atoms with Gasteiger partial charge in [-0.3, -0.25) is 0 Å². The first-order valence-corrected chi connectivity index (χ1v) is 7.71. The molecule has 1 aliphatic rings. The fourth-order valence-corrected chi connectivity index (χ4v) is 3.59. The van der Waals surface area contributed by atoms with E-state index in [2.05, 4.69) is 0 Å². The monoisotopic (exact) mass is 250 g/mol. The third-order valence-corrected chi connectivity index (χ3v) is 5.25. The molecule has 96 valence electrons. The van der Waals surface area contributed by atoms with Gasteiger partial charge in [0.2, 0.25) is 0 Å². The van der Waals surface area contributed by atoms with Gasteiger partial charge in [-0.2, -0.15) is 0 Å². The normalized spacial score (nSPS) is 31.0. The lowest BCUT2D eigenvalue weighted by atomic mass is 9.83. The summed E-state index contributed by atoms with van der Waals surface area (Å²) in [6.07, 6.45) is 3.54. The van der Waals surface area contributed by atoms with Crippen molar-refractivity contribution in [1.29, 1.82) is 0 Å². The minimum absolute atomic E-state index is 0.0448. The third kappa shape index (κ3) is 3.43. The summed E-state index contributed by atoms with van der Waals surface area (Å²) in [5.74, 6) is 0.0448. The fourth-order valence-electron chi connectivity index (χ4n) is 2.40. The number of rotatable bonds is 4. The summed E-state index contributed by atoms with van der Waals surface area (Å²) in [5.41, 5.74) is 0. The lowest BCUT2D eigenvalue weighted by Crippen LogP contribution is -2.38. The Balaban J connectivity index is 2.64. The first kappa shape index (κ1) is 13.9. The van der Waals surface area contributed by atoms with Gasteiger partial charge in [-0.15, -0.1) is 0 Å². The molecule has 0 amide bonds. The minimum Gasteiger partial charge on any atom is -0.390 e. The van der Waals surface area contributed by atoms with Gasteiger partial charge in [-0.05, 0) is 32.1 Å². The van der Waals surface area contributed by atoms with Crippen molar-refractivity contribution in [2.45, 2.75) is 50.1 Å². The van der Waals surface area contributed by atoms with E-state index in [1.807, 2.05) is 6.92 Å². The average Bonchev–Trinajstić information content (AvgIpc) is 2.26. The highest BCUT2D eigenvalue weighted by Gasteiger charge is 2.34. The van der Waals surface area contributed by atoms with Crippen molar-refractivity contribution in [2.75, 3.05) is 13.4 Å². The van der Waals surface area contributed by atoms with Crippen LogP contribution in [0.5, 0.6) is 0 Å². The molecule has 4 nitrogen and oxygen atoms in total. The van der Waals surface area contributed by atoms with E-state index in [1.165, 1.54) is 6.26 Å². The number of sulfone groups is 1. The summed E-state index contributed by atoms with van der Waals surface area (Å²) in [5, 5.41) is 9.72. The van der Waals surface area contributed by atoms with Crippen molar-refractivity contribution in [3.05, 3.63) is 0 Å². The Kier molecular flexibility index (Phi) is 4.76. The van der Waals surface area contributed by atoms with E-state index in [0.717, 1.165) is 19.3 Å². The van der Waals surface area contributed by atoms with Gasteiger partial charge in [0.05, 0.1) is 17.5 Å². The zero-order chi connectivity index (χ0) is 12.3. The predicted molar refractivity (Wildman–Crippen MR) is 63.1 cm³/mol. The highest BCUT2D eigenvalue weighted by Crippen LogP contribution is 2.31. The summed E-state index contributed by atoms with van der Waals surface area (Å²) in [7, 11) is -1.42. The molecule has 0 aromatic heterocycles. The molecule has 16 heavy (non-hydrogen) atoms. The number of hydrogen-bond acceptors (Lipinski definition) is 4. The lowest BCUT2D eigenvalue weighted by molar-refractivity contribution is -0.0393.